The van der Waals surface area contributed by atoms with E-state index in [4.69, 9.17) is 5.11 Å². The van der Waals surface area contributed by atoms with Crippen molar-refractivity contribution in [2.24, 2.45) is 0 Å². The van der Waals surface area contributed by atoms with Gasteiger partial charge < -0.3 is 10.4 Å². The van der Waals surface area contributed by atoms with Gasteiger partial charge in [-0.1, -0.05) is 18.2 Å². The molecule has 2 rings (SSSR count). The summed E-state index contributed by atoms with van der Waals surface area (Å²) in [5, 5.41) is 11.5. The van der Waals surface area contributed by atoms with Crippen LogP contribution in [0.5, 0.6) is 0 Å². The first-order chi connectivity index (χ1) is 7.81. The van der Waals surface area contributed by atoms with E-state index in [2.05, 4.69) is 17.4 Å². The third-order valence-electron chi connectivity index (χ3n) is 2.57. The van der Waals surface area contributed by atoms with E-state index in [9.17, 15) is 4.79 Å². The number of benzene rings is 1. The Bertz CT molecular complexity index is 356. The highest BCUT2D eigenvalue weighted by atomic mass is 32.2. The van der Waals surface area contributed by atoms with Crippen LogP contribution < -0.4 is 5.32 Å². The molecule has 1 aromatic carbocycles. The highest BCUT2D eigenvalue weighted by molar-refractivity contribution is 8.01. The van der Waals surface area contributed by atoms with Crippen LogP contribution in [-0.2, 0) is 11.2 Å². The number of aliphatic hydroxyl groups excluding tert-OH is 1. The van der Waals surface area contributed by atoms with Crippen LogP contribution in [0.1, 0.15) is 12.0 Å². The Kier molecular flexibility index (Phi) is 3.85. The van der Waals surface area contributed by atoms with Gasteiger partial charge >= 0.3 is 0 Å². The fourth-order valence-corrected chi connectivity index (χ4v) is 2.95. The minimum Gasteiger partial charge on any atom is -0.396 e. The van der Waals surface area contributed by atoms with E-state index in [1.165, 1.54) is 10.5 Å². The molecule has 2 N–H and O–H groups in total. The Labute approximate surface area is 99.2 Å². The molecule has 1 aliphatic rings. The van der Waals surface area contributed by atoms with E-state index >= 15 is 0 Å². The molecule has 0 saturated carbocycles. The third kappa shape index (κ3) is 2.57. The largest absolute Gasteiger partial charge is 0.396 e. The fraction of sp³-hybridized carbons (Fsp3) is 0.417. The van der Waals surface area contributed by atoms with E-state index in [0.717, 1.165) is 6.42 Å². The molecular weight excluding hydrogens is 222 g/mol. The summed E-state index contributed by atoms with van der Waals surface area (Å²) in [6.45, 7) is 0.682. The monoisotopic (exact) mass is 237 g/mol. The van der Waals surface area contributed by atoms with E-state index in [1.54, 1.807) is 11.8 Å². The summed E-state index contributed by atoms with van der Waals surface area (Å²) in [6.07, 6.45) is 1.43. The van der Waals surface area contributed by atoms with Crippen molar-refractivity contribution in [2.75, 3.05) is 13.2 Å². The van der Waals surface area contributed by atoms with Crippen LogP contribution >= 0.6 is 11.8 Å². The van der Waals surface area contributed by atoms with Gasteiger partial charge in [-0.2, -0.15) is 0 Å². The predicted molar refractivity (Wildman–Crippen MR) is 64.5 cm³/mol. The van der Waals surface area contributed by atoms with Crippen molar-refractivity contribution in [1.82, 2.24) is 5.32 Å². The molecule has 0 saturated heterocycles. The van der Waals surface area contributed by atoms with Gasteiger partial charge in [-0.05, 0) is 24.5 Å². The van der Waals surface area contributed by atoms with Crippen LogP contribution in [0, 0.1) is 0 Å². The molecule has 1 aliphatic heterocycles. The molecule has 0 bridgehead atoms. The van der Waals surface area contributed by atoms with Crippen molar-refractivity contribution in [1.29, 1.82) is 0 Å². The van der Waals surface area contributed by atoms with Gasteiger partial charge in [0.15, 0.2) is 0 Å². The SMILES string of the molecule is O=C(NCCCO)C1Cc2ccccc2S1. The number of carbonyl (C=O) groups is 1. The van der Waals surface area contributed by atoms with Gasteiger partial charge in [0.1, 0.15) is 0 Å². The molecule has 86 valence electrons. The lowest BCUT2D eigenvalue weighted by molar-refractivity contribution is -0.120. The van der Waals surface area contributed by atoms with Crippen LogP contribution in [0.4, 0.5) is 0 Å². The van der Waals surface area contributed by atoms with Gasteiger partial charge in [0.05, 0.1) is 5.25 Å². The molecule has 0 spiro atoms. The Morgan fingerprint density at radius 2 is 2.31 bits per heavy atom. The number of fused-ring (bicyclic) bond motifs is 1. The molecule has 1 heterocycles. The number of carbonyl (C=O) groups excluding carboxylic acids is 1. The molecule has 0 radical (unpaired) electrons. The number of rotatable bonds is 4. The van der Waals surface area contributed by atoms with Crippen molar-refractivity contribution in [3.63, 3.8) is 0 Å². The summed E-state index contributed by atoms with van der Waals surface area (Å²) >= 11 is 1.63. The van der Waals surface area contributed by atoms with Crippen LogP contribution in [0.15, 0.2) is 29.2 Å². The molecule has 4 heteroatoms. The van der Waals surface area contributed by atoms with Gasteiger partial charge in [-0.25, -0.2) is 0 Å². The van der Waals surface area contributed by atoms with Gasteiger partial charge in [0.25, 0.3) is 0 Å². The minimum absolute atomic E-state index is 0.00362. The highest BCUT2D eigenvalue weighted by Crippen LogP contribution is 2.36. The van der Waals surface area contributed by atoms with Crippen molar-refractivity contribution < 1.29 is 9.90 Å². The summed E-state index contributed by atoms with van der Waals surface area (Å²) in [5.74, 6) is 0.0784. The Morgan fingerprint density at radius 1 is 1.50 bits per heavy atom. The van der Waals surface area contributed by atoms with E-state index in [1.807, 2.05) is 12.1 Å². The maximum absolute atomic E-state index is 11.8. The molecule has 1 aromatic rings. The lowest BCUT2D eigenvalue weighted by Gasteiger charge is -2.08. The Balaban J connectivity index is 1.88. The number of amides is 1. The molecule has 0 aliphatic carbocycles. The second-order valence-electron chi connectivity index (χ2n) is 3.79. The summed E-state index contributed by atoms with van der Waals surface area (Å²) in [7, 11) is 0. The molecule has 1 atom stereocenters. The van der Waals surface area contributed by atoms with Crippen LogP contribution in [0.3, 0.4) is 0 Å². The lowest BCUT2D eigenvalue weighted by Crippen LogP contribution is -2.33. The normalized spacial score (nSPS) is 18.2. The Morgan fingerprint density at radius 3 is 3.06 bits per heavy atom. The topological polar surface area (TPSA) is 49.3 Å². The molecule has 1 amide bonds. The van der Waals surface area contributed by atoms with Crippen molar-refractivity contribution in [3.8, 4) is 0 Å². The maximum Gasteiger partial charge on any atom is 0.233 e. The molecule has 0 aromatic heterocycles. The van der Waals surface area contributed by atoms with Gasteiger partial charge in [0.2, 0.25) is 5.91 Å². The summed E-state index contributed by atoms with van der Waals surface area (Å²) in [5.41, 5.74) is 1.26. The standard InChI is InChI=1S/C12H15NO2S/c14-7-3-6-13-12(15)11-8-9-4-1-2-5-10(9)16-11/h1-2,4-5,11,14H,3,6-8H2,(H,13,15). The quantitative estimate of drug-likeness (QED) is 0.774. The zero-order chi connectivity index (χ0) is 11.4. The summed E-state index contributed by atoms with van der Waals surface area (Å²) in [4.78, 5) is 13.0. The third-order valence-corrected chi connectivity index (χ3v) is 3.89. The Hall–Kier alpha value is -1.00. The predicted octanol–water partition coefficient (Wildman–Crippen LogP) is 1.20. The molecule has 3 nitrogen and oxygen atoms in total. The average molecular weight is 237 g/mol. The van der Waals surface area contributed by atoms with E-state index in [0.29, 0.717) is 13.0 Å². The molecule has 1 unspecified atom stereocenters. The smallest absolute Gasteiger partial charge is 0.233 e. The van der Waals surface area contributed by atoms with Gasteiger partial charge in [-0.3, -0.25) is 4.79 Å². The van der Waals surface area contributed by atoms with Crippen molar-refractivity contribution >= 4 is 17.7 Å². The summed E-state index contributed by atoms with van der Waals surface area (Å²) in [6, 6.07) is 8.13. The van der Waals surface area contributed by atoms with Crippen LogP contribution in [0.25, 0.3) is 0 Å². The zero-order valence-electron chi connectivity index (χ0n) is 8.98. The second-order valence-corrected chi connectivity index (χ2v) is 5.03. The first kappa shape index (κ1) is 11.5. The minimum atomic E-state index is -0.00362. The van der Waals surface area contributed by atoms with E-state index < -0.39 is 0 Å². The number of thioether (sulfide) groups is 1. The molecule has 16 heavy (non-hydrogen) atoms. The maximum atomic E-state index is 11.8. The van der Waals surface area contributed by atoms with Crippen LogP contribution in [0.2, 0.25) is 0 Å². The average Bonchev–Trinajstić information content (AvgIpc) is 2.73. The number of hydrogen-bond donors (Lipinski definition) is 2. The highest BCUT2D eigenvalue weighted by Gasteiger charge is 2.27. The summed E-state index contributed by atoms with van der Waals surface area (Å²) < 4.78 is 0. The van der Waals surface area contributed by atoms with Crippen molar-refractivity contribution in [3.05, 3.63) is 29.8 Å². The van der Waals surface area contributed by atoms with Crippen LogP contribution in [-0.4, -0.2) is 29.4 Å². The second kappa shape index (κ2) is 5.37. The zero-order valence-corrected chi connectivity index (χ0v) is 9.80. The van der Waals surface area contributed by atoms with Gasteiger partial charge in [0, 0.05) is 18.0 Å². The lowest BCUT2D eigenvalue weighted by atomic mass is 10.1. The van der Waals surface area contributed by atoms with E-state index in [-0.39, 0.29) is 17.8 Å². The number of aliphatic hydroxyl groups is 1. The number of nitrogens with one attached hydrogen (secondary N) is 1. The number of hydrogen-bond acceptors (Lipinski definition) is 3. The fourth-order valence-electron chi connectivity index (χ4n) is 1.73. The molecular formula is C12H15NO2S. The first-order valence-corrected chi connectivity index (χ1v) is 6.32. The first-order valence-electron chi connectivity index (χ1n) is 5.44. The molecule has 0 fully saturated rings. The van der Waals surface area contributed by atoms with Gasteiger partial charge in [-0.15, -0.1) is 11.8 Å². The van der Waals surface area contributed by atoms with Crippen molar-refractivity contribution in [2.45, 2.75) is 23.0 Å².